The number of benzene rings is 1. The van der Waals surface area contributed by atoms with Gasteiger partial charge in [0.15, 0.2) is 0 Å². The molecule has 0 amide bonds. The molecular formula is C13H10FN5. The lowest BCUT2D eigenvalue weighted by Gasteiger charge is -2.07. The summed E-state index contributed by atoms with van der Waals surface area (Å²) in [6, 6.07) is 4.58. The minimum atomic E-state index is -0.405. The van der Waals surface area contributed by atoms with Crippen molar-refractivity contribution in [2.24, 2.45) is 0 Å². The van der Waals surface area contributed by atoms with E-state index in [9.17, 15) is 4.39 Å². The van der Waals surface area contributed by atoms with E-state index < -0.39 is 5.82 Å². The Morgan fingerprint density at radius 2 is 1.84 bits per heavy atom. The maximum Gasteiger partial charge on any atom is 0.134 e. The first-order valence-electron chi connectivity index (χ1n) is 5.56. The van der Waals surface area contributed by atoms with Gasteiger partial charge in [-0.05, 0) is 12.1 Å². The van der Waals surface area contributed by atoms with Crippen molar-refractivity contribution in [3.8, 4) is 11.1 Å². The molecule has 94 valence electrons. The number of pyridine rings is 1. The van der Waals surface area contributed by atoms with Crippen LogP contribution in [0.5, 0.6) is 0 Å². The van der Waals surface area contributed by atoms with Gasteiger partial charge < -0.3 is 11.5 Å². The van der Waals surface area contributed by atoms with Crippen molar-refractivity contribution in [2.75, 3.05) is 11.5 Å². The second-order valence-electron chi connectivity index (χ2n) is 4.12. The third kappa shape index (κ3) is 1.93. The van der Waals surface area contributed by atoms with Crippen molar-refractivity contribution in [1.29, 1.82) is 0 Å². The Morgan fingerprint density at radius 3 is 2.63 bits per heavy atom. The Hall–Kier alpha value is -2.76. The van der Waals surface area contributed by atoms with Crippen LogP contribution in [-0.2, 0) is 0 Å². The maximum absolute atomic E-state index is 14.1. The van der Waals surface area contributed by atoms with Gasteiger partial charge >= 0.3 is 0 Å². The highest BCUT2D eigenvalue weighted by Gasteiger charge is 2.10. The van der Waals surface area contributed by atoms with Gasteiger partial charge in [-0.15, -0.1) is 0 Å². The SMILES string of the molecule is Nc1cncc(-c2cc3c(N)ncnc3cc2F)c1. The quantitative estimate of drug-likeness (QED) is 0.694. The van der Waals surface area contributed by atoms with E-state index in [1.54, 1.807) is 18.3 Å². The van der Waals surface area contributed by atoms with Crippen LogP contribution < -0.4 is 11.5 Å². The van der Waals surface area contributed by atoms with Crippen molar-refractivity contribution in [1.82, 2.24) is 15.0 Å². The van der Waals surface area contributed by atoms with Gasteiger partial charge in [0.1, 0.15) is 18.0 Å². The van der Waals surface area contributed by atoms with Crippen molar-refractivity contribution in [3.05, 3.63) is 42.7 Å². The summed E-state index contributed by atoms with van der Waals surface area (Å²) in [5, 5.41) is 0.598. The third-order valence-electron chi connectivity index (χ3n) is 2.83. The van der Waals surface area contributed by atoms with E-state index in [4.69, 9.17) is 11.5 Å². The number of nitrogens with zero attached hydrogens (tertiary/aromatic N) is 3. The Morgan fingerprint density at radius 1 is 1.00 bits per heavy atom. The standard InChI is InChI=1S/C13H10FN5/c14-11-3-12-10(13(16)19-6-18-12)2-9(11)7-1-8(15)5-17-4-7/h1-6H,15H2,(H2,16,18,19). The van der Waals surface area contributed by atoms with Gasteiger partial charge in [0.2, 0.25) is 0 Å². The van der Waals surface area contributed by atoms with Gasteiger partial charge in [0.25, 0.3) is 0 Å². The lowest BCUT2D eigenvalue weighted by molar-refractivity contribution is 0.632. The van der Waals surface area contributed by atoms with Gasteiger partial charge in [-0.25, -0.2) is 14.4 Å². The largest absolute Gasteiger partial charge is 0.397 e. The maximum atomic E-state index is 14.1. The van der Waals surface area contributed by atoms with Crippen LogP contribution >= 0.6 is 0 Å². The van der Waals surface area contributed by atoms with E-state index in [0.29, 0.717) is 33.5 Å². The lowest BCUT2D eigenvalue weighted by Crippen LogP contribution is -1.96. The number of aromatic nitrogens is 3. The number of halogens is 1. The monoisotopic (exact) mass is 255 g/mol. The molecule has 5 nitrogen and oxygen atoms in total. The highest BCUT2D eigenvalue weighted by atomic mass is 19.1. The minimum Gasteiger partial charge on any atom is -0.397 e. The minimum absolute atomic E-state index is 0.308. The molecule has 2 aromatic heterocycles. The molecule has 3 rings (SSSR count). The van der Waals surface area contributed by atoms with Crippen molar-refractivity contribution in [2.45, 2.75) is 0 Å². The van der Waals surface area contributed by atoms with Crippen LogP contribution in [0.4, 0.5) is 15.9 Å². The normalized spacial score (nSPS) is 10.8. The molecule has 0 atom stereocenters. The van der Waals surface area contributed by atoms with Crippen molar-refractivity contribution >= 4 is 22.4 Å². The van der Waals surface area contributed by atoms with Gasteiger partial charge in [0, 0.05) is 35.0 Å². The second-order valence-corrected chi connectivity index (χ2v) is 4.12. The molecule has 0 saturated heterocycles. The van der Waals surface area contributed by atoms with Gasteiger partial charge in [-0.3, -0.25) is 4.98 Å². The van der Waals surface area contributed by atoms with Crippen LogP contribution in [0.1, 0.15) is 0 Å². The van der Waals surface area contributed by atoms with Crippen molar-refractivity contribution < 1.29 is 4.39 Å². The lowest BCUT2D eigenvalue weighted by atomic mass is 10.0. The molecule has 0 unspecified atom stereocenters. The van der Waals surface area contributed by atoms with Crippen LogP contribution in [0, 0.1) is 5.82 Å². The fourth-order valence-corrected chi connectivity index (χ4v) is 1.92. The summed E-state index contributed by atoms with van der Waals surface area (Å²) in [6.07, 6.45) is 4.35. The van der Waals surface area contributed by atoms with E-state index in [0.717, 1.165) is 0 Å². The Labute approximate surface area is 108 Å². The van der Waals surface area contributed by atoms with E-state index in [2.05, 4.69) is 15.0 Å². The summed E-state index contributed by atoms with van der Waals surface area (Å²) < 4.78 is 14.1. The van der Waals surface area contributed by atoms with Crippen LogP contribution in [-0.4, -0.2) is 15.0 Å². The molecular weight excluding hydrogens is 245 g/mol. The first-order chi connectivity index (χ1) is 9.15. The molecule has 0 aliphatic heterocycles. The van der Waals surface area contributed by atoms with Crippen molar-refractivity contribution in [3.63, 3.8) is 0 Å². The van der Waals surface area contributed by atoms with E-state index in [-0.39, 0.29) is 0 Å². The van der Waals surface area contributed by atoms with E-state index >= 15 is 0 Å². The number of nitrogens with two attached hydrogens (primary N) is 2. The number of hydrogen-bond acceptors (Lipinski definition) is 5. The number of hydrogen-bond donors (Lipinski definition) is 2. The molecule has 0 bridgehead atoms. The molecule has 2 heterocycles. The molecule has 0 saturated carbocycles. The Bertz CT molecular complexity index is 772. The van der Waals surface area contributed by atoms with E-state index in [1.807, 2.05) is 0 Å². The highest BCUT2D eigenvalue weighted by Crippen LogP contribution is 2.29. The molecule has 6 heteroatoms. The Balaban J connectivity index is 2.29. The van der Waals surface area contributed by atoms with Crippen LogP contribution in [0.3, 0.4) is 0 Å². The van der Waals surface area contributed by atoms with Crippen LogP contribution in [0.2, 0.25) is 0 Å². The fraction of sp³-hybridized carbons (Fsp3) is 0. The third-order valence-corrected chi connectivity index (χ3v) is 2.83. The number of nitrogen functional groups attached to an aromatic ring is 2. The number of fused-ring (bicyclic) bond motifs is 1. The molecule has 0 radical (unpaired) electrons. The molecule has 1 aromatic carbocycles. The van der Waals surface area contributed by atoms with Gasteiger partial charge in [-0.2, -0.15) is 0 Å². The average molecular weight is 255 g/mol. The Kier molecular flexibility index (Phi) is 2.49. The molecule has 19 heavy (non-hydrogen) atoms. The summed E-state index contributed by atoms with van der Waals surface area (Å²) >= 11 is 0. The molecule has 0 aliphatic rings. The zero-order chi connectivity index (χ0) is 13.4. The fourth-order valence-electron chi connectivity index (χ4n) is 1.92. The molecule has 0 aliphatic carbocycles. The number of anilines is 2. The van der Waals surface area contributed by atoms with Crippen LogP contribution in [0.25, 0.3) is 22.0 Å². The summed E-state index contributed by atoms with van der Waals surface area (Å²) in [5.41, 5.74) is 13.3. The second kappa shape index (κ2) is 4.16. The smallest absolute Gasteiger partial charge is 0.134 e. The zero-order valence-electron chi connectivity index (χ0n) is 9.84. The molecule has 0 fully saturated rings. The summed E-state index contributed by atoms with van der Waals surface area (Å²) in [4.78, 5) is 11.8. The first-order valence-corrected chi connectivity index (χ1v) is 5.56. The summed E-state index contributed by atoms with van der Waals surface area (Å²) in [7, 11) is 0. The highest BCUT2D eigenvalue weighted by molar-refractivity contribution is 5.91. The predicted molar refractivity (Wildman–Crippen MR) is 71.6 cm³/mol. The average Bonchev–Trinajstić information content (AvgIpc) is 2.38. The van der Waals surface area contributed by atoms with Gasteiger partial charge in [-0.1, -0.05) is 0 Å². The summed E-state index contributed by atoms with van der Waals surface area (Å²) in [6.45, 7) is 0. The van der Waals surface area contributed by atoms with Crippen LogP contribution in [0.15, 0.2) is 36.9 Å². The summed E-state index contributed by atoms with van der Waals surface area (Å²) in [5.74, 6) is -0.0962. The molecule has 3 aromatic rings. The predicted octanol–water partition coefficient (Wildman–Crippen LogP) is 2.00. The first kappa shape index (κ1) is 11.3. The number of rotatable bonds is 1. The van der Waals surface area contributed by atoms with Gasteiger partial charge in [0.05, 0.1) is 11.2 Å². The molecule has 0 spiro atoms. The zero-order valence-corrected chi connectivity index (χ0v) is 9.84. The topological polar surface area (TPSA) is 90.7 Å². The molecule has 4 N–H and O–H groups in total. The van der Waals surface area contributed by atoms with E-state index in [1.165, 1.54) is 18.6 Å².